The van der Waals surface area contributed by atoms with E-state index in [9.17, 15) is 4.79 Å². The molecule has 120 valence electrons. The van der Waals surface area contributed by atoms with E-state index in [1.54, 1.807) is 16.2 Å². The number of likely N-dealkylation sites (N-methyl/N-ethyl adjacent to an activating group) is 1. The summed E-state index contributed by atoms with van der Waals surface area (Å²) in [4.78, 5) is 17.5. The van der Waals surface area contributed by atoms with Crippen LogP contribution in [-0.4, -0.2) is 48.9 Å². The highest BCUT2D eigenvalue weighted by Gasteiger charge is 2.33. The van der Waals surface area contributed by atoms with E-state index in [2.05, 4.69) is 33.8 Å². The smallest absolute Gasteiger partial charge is 0.236 e. The number of nitrogens with zero attached hydrogens (tertiary/aromatic N) is 2. The van der Waals surface area contributed by atoms with Gasteiger partial charge in [0.05, 0.1) is 13.1 Å². The van der Waals surface area contributed by atoms with Crippen molar-refractivity contribution >= 4 is 45.6 Å². The van der Waals surface area contributed by atoms with Crippen molar-refractivity contribution in [1.82, 2.24) is 9.80 Å². The van der Waals surface area contributed by atoms with Crippen molar-refractivity contribution in [3.05, 3.63) is 20.8 Å². The molecule has 0 saturated carbocycles. The Morgan fingerprint density at radius 1 is 1.62 bits per heavy atom. The molecule has 1 aromatic heterocycles. The molecule has 7 heteroatoms. The van der Waals surface area contributed by atoms with Crippen molar-refractivity contribution in [2.24, 2.45) is 11.1 Å². The van der Waals surface area contributed by atoms with Crippen LogP contribution in [0.1, 0.15) is 18.2 Å². The minimum Gasteiger partial charge on any atom is -0.340 e. The summed E-state index contributed by atoms with van der Waals surface area (Å²) < 4.78 is 1.08. The van der Waals surface area contributed by atoms with Crippen molar-refractivity contribution in [3.8, 4) is 0 Å². The van der Waals surface area contributed by atoms with Crippen molar-refractivity contribution in [2.75, 3.05) is 33.2 Å². The largest absolute Gasteiger partial charge is 0.340 e. The molecule has 0 spiro atoms. The van der Waals surface area contributed by atoms with Crippen LogP contribution in [0.3, 0.4) is 0 Å². The van der Waals surface area contributed by atoms with Crippen molar-refractivity contribution in [3.63, 3.8) is 0 Å². The molecule has 0 radical (unpaired) electrons. The zero-order valence-corrected chi connectivity index (χ0v) is 15.7. The van der Waals surface area contributed by atoms with E-state index in [0.717, 1.165) is 24.0 Å². The van der Waals surface area contributed by atoms with Crippen molar-refractivity contribution in [1.29, 1.82) is 0 Å². The summed E-state index contributed by atoms with van der Waals surface area (Å²) in [5.74, 6) is 0.177. The molecule has 0 aliphatic carbocycles. The molecule has 21 heavy (non-hydrogen) atoms. The van der Waals surface area contributed by atoms with Gasteiger partial charge in [-0.25, -0.2) is 0 Å². The van der Waals surface area contributed by atoms with E-state index in [-0.39, 0.29) is 23.7 Å². The van der Waals surface area contributed by atoms with Crippen LogP contribution in [0.5, 0.6) is 0 Å². The summed E-state index contributed by atoms with van der Waals surface area (Å²) in [7, 11) is 1.87. The summed E-state index contributed by atoms with van der Waals surface area (Å²) >= 11 is 5.11. The van der Waals surface area contributed by atoms with Crippen LogP contribution in [0.15, 0.2) is 15.9 Å². The van der Waals surface area contributed by atoms with Gasteiger partial charge in [-0.3, -0.25) is 9.69 Å². The Hall–Kier alpha value is -0.140. The van der Waals surface area contributed by atoms with E-state index in [0.29, 0.717) is 19.6 Å². The lowest BCUT2D eigenvalue weighted by atomic mass is 9.90. The van der Waals surface area contributed by atoms with Gasteiger partial charge < -0.3 is 10.6 Å². The maximum absolute atomic E-state index is 12.3. The second-order valence-corrected chi connectivity index (χ2v) is 7.87. The summed E-state index contributed by atoms with van der Waals surface area (Å²) in [5, 5.41) is 2.04. The number of halogens is 2. The van der Waals surface area contributed by atoms with Crippen LogP contribution in [0.4, 0.5) is 0 Å². The lowest BCUT2D eigenvalue weighted by Crippen LogP contribution is -2.38. The van der Waals surface area contributed by atoms with Crippen LogP contribution in [-0.2, 0) is 11.3 Å². The third-order valence-electron chi connectivity index (χ3n) is 3.93. The highest BCUT2D eigenvalue weighted by atomic mass is 79.9. The summed E-state index contributed by atoms with van der Waals surface area (Å²) in [6.45, 7) is 5.96. The molecule has 1 atom stereocenters. The summed E-state index contributed by atoms with van der Waals surface area (Å²) in [6.07, 6.45) is 1.08. The molecule has 1 aliphatic rings. The fraction of sp³-hybridized carbons (Fsp3) is 0.643. The normalized spacial score (nSPS) is 22.1. The average Bonchev–Trinajstić information content (AvgIpc) is 2.97. The Morgan fingerprint density at radius 3 is 2.86 bits per heavy atom. The SMILES string of the molecule is CN(Cc1cc(Br)cs1)C(=O)CN1CCC(C)(CN)C1.Cl. The first kappa shape index (κ1) is 18.9. The van der Waals surface area contributed by atoms with Gasteiger partial charge >= 0.3 is 0 Å². The van der Waals surface area contributed by atoms with Gasteiger partial charge in [-0.15, -0.1) is 23.7 Å². The van der Waals surface area contributed by atoms with Gasteiger partial charge in [0.15, 0.2) is 0 Å². The predicted molar refractivity (Wildman–Crippen MR) is 94.0 cm³/mol. The standard InChI is InChI=1S/C14H22BrN3OS.ClH/c1-14(9-16)3-4-18(10-14)7-13(19)17(2)6-12-5-11(15)8-20-12;/h5,8H,3-4,6-7,9-10,16H2,1-2H3;1H. The first-order valence-corrected chi connectivity index (χ1v) is 8.48. The van der Waals surface area contributed by atoms with Gasteiger partial charge in [-0.05, 0) is 46.9 Å². The Labute approximate surface area is 145 Å². The molecule has 1 saturated heterocycles. The van der Waals surface area contributed by atoms with Gasteiger partial charge in [0, 0.05) is 28.3 Å². The average molecular weight is 397 g/mol. The number of thiophene rings is 1. The molecule has 1 aliphatic heterocycles. The third kappa shape index (κ3) is 5.21. The van der Waals surface area contributed by atoms with E-state index in [1.165, 1.54) is 4.88 Å². The minimum absolute atomic E-state index is 0. The molecule has 1 fully saturated rings. The van der Waals surface area contributed by atoms with Crippen molar-refractivity contribution < 1.29 is 4.79 Å². The molecule has 2 N–H and O–H groups in total. The first-order chi connectivity index (χ1) is 9.42. The van der Waals surface area contributed by atoms with Crippen LogP contribution in [0, 0.1) is 5.41 Å². The monoisotopic (exact) mass is 395 g/mol. The van der Waals surface area contributed by atoms with E-state index in [1.807, 2.05) is 12.4 Å². The third-order valence-corrected chi connectivity index (χ3v) is 5.61. The maximum Gasteiger partial charge on any atom is 0.236 e. The fourth-order valence-corrected chi connectivity index (χ4v) is 4.00. The summed E-state index contributed by atoms with van der Waals surface area (Å²) in [6, 6.07) is 2.07. The highest BCUT2D eigenvalue weighted by molar-refractivity contribution is 9.10. The Morgan fingerprint density at radius 2 is 2.33 bits per heavy atom. The Bertz CT molecular complexity index is 485. The molecular formula is C14H23BrClN3OS. The number of carbonyl (C=O) groups is 1. The zero-order valence-electron chi connectivity index (χ0n) is 12.5. The topological polar surface area (TPSA) is 49.6 Å². The molecule has 2 rings (SSSR count). The predicted octanol–water partition coefficient (Wildman–Crippen LogP) is 2.56. The number of rotatable bonds is 5. The lowest BCUT2D eigenvalue weighted by Gasteiger charge is -2.24. The zero-order chi connectivity index (χ0) is 14.8. The Kier molecular flexibility index (Phi) is 7.13. The second kappa shape index (κ2) is 7.92. The Balaban J connectivity index is 0.00000220. The number of hydrogen-bond acceptors (Lipinski definition) is 4. The lowest BCUT2D eigenvalue weighted by molar-refractivity contribution is -0.131. The highest BCUT2D eigenvalue weighted by Crippen LogP contribution is 2.28. The number of hydrogen-bond donors (Lipinski definition) is 1. The van der Waals surface area contributed by atoms with Crippen LogP contribution >= 0.6 is 39.7 Å². The molecule has 0 aromatic carbocycles. The van der Waals surface area contributed by atoms with E-state index < -0.39 is 0 Å². The van der Waals surface area contributed by atoms with Gasteiger partial charge in [-0.1, -0.05) is 6.92 Å². The van der Waals surface area contributed by atoms with Crippen LogP contribution in [0.2, 0.25) is 0 Å². The number of amides is 1. The van der Waals surface area contributed by atoms with E-state index in [4.69, 9.17) is 5.73 Å². The molecule has 2 heterocycles. The summed E-state index contributed by atoms with van der Waals surface area (Å²) in [5.41, 5.74) is 5.98. The second-order valence-electron chi connectivity index (χ2n) is 5.96. The molecular weight excluding hydrogens is 374 g/mol. The quantitative estimate of drug-likeness (QED) is 0.832. The number of carbonyl (C=O) groups excluding carboxylic acids is 1. The van der Waals surface area contributed by atoms with Crippen molar-refractivity contribution in [2.45, 2.75) is 19.9 Å². The van der Waals surface area contributed by atoms with E-state index >= 15 is 0 Å². The number of nitrogens with two attached hydrogens (primary N) is 1. The fourth-order valence-electron chi connectivity index (χ4n) is 2.50. The van der Waals surface area contributed by atoms with Gasteiger partial charge in [0.25, 0.3) is 0 Å². The van der Waals surface area contributed by atoms with Gasteiger partial charge in [-0.2, -0.15) is 0 Å². The van der Waals surface area contributed by atoms with Crippen LogP contribution < -0.4 is 5.73 Å². The molecule has 1 aromatic rings. The van der Waals surface area contributed by atoms with Gasteiger partial charge in [0.2, 0.25) is 5.91 Å². The molecule has 0 bridgehead atoms. The van der Waals surface area contributed by atoms with Crippen LogP contribution in [0.25, 0.3) is 0 Å². The minimum atomic E-state index is 0. The maximum atomic E-state index is 12.3. The van der Waals surface area contributed by atoms with Gasteiger partial charge in [0.1, 0.15) is 0 Å². The molecule has 1 amide bonds. The first-order valence-electron chi connectivity index (χ1n) is 6.81. The molecule has 4 nitrogen and oxygen atoms in total. The molecule has 1 unspecified atom stereocenters. The number of likely N-dealkylation sites (tertiary alicyclic amines) is 1.